The van der Waals surface area contributed by atoms with Crippen molar-refractivity contribution in [3.8, 4) is 11.5 Å². The fourth-order valence-electron chi connectivity index (χ4n) is 2.21. The number of aromatic nitrogens is 6. The number of aryl methyl sites for hydroxylation is 2. The fourth-order valence-corrected chi connectivity index (χ4v) is 2.21. The number of H-pyrrole nitrogens is 1. The molecule has 3 rings (SSSR count). The highest BCUT2D eigenvalue weighted by Gasteiger charge is 2.26. The molecule has 0 aromatic carbocycles. The van der Waals surface area contributed by atoms with Gasteiger partial charge in [0.1, 0.15) is 11.5 Å². The molecular weight excluding hydrogens is 297 g/mol. The van der Waals surface area contributed by atoms with Crippen molar-refractivity contribution >= 4 is 11.0 Å². The minimum Gasteiger partial charge on any atom is -0.263 e. The second kappa shape index (κ2) is 5.39. The zero-order valence-corrected chi connectivity index (χ0v) is 11.7. The van der Waals surface area contributed by atoms with E-state index in [0.717, 1.165) is 0 Å². The molecule has 6 nitrogen and oxygen atoms in total. The molecule has 22 heavy (non-hydrogen) atoms. The lowest BCUT2D eigenvalue weighted by molar-refractivity contribution is -0.135. The third-order valence-corrected chi connectivity index (χ3v) is 3.15. The first-order valence-electron chi connectivity index (χ1n) is 6.72. The Morgan fingerprint density at radius 1 is 1.32 bits per heavy atom. The quantitative estimate of drug-likeness (QED) is 0.804. The molecular formula is C13H13F3N6. The SMILES string of the molecule is Cc1nc(-c2nn(CCCC(F)(F)F)c3ncccc23)n[nH]1. The molecule has 0 saturated heterocycles. The van der Waals surface area contributed by atoms with Crippen molar-refractivity contribution in [3.05, 3.63) is 24.2 Å². The van der Waals surface area contributed by atoms with Crippen LogP contribution in [0.25, 0.3) is 22.6 Å². The summed E-state index contributed by atoms with van der Waals surface area (Å²) in [6.45, 7) is 1.90. The standard InChI is InChI=1S/C13H13F3N6/c1-8-18-11(20-19-8)10-9-4-2-6-17-12(9)22(21-10)7-3-5-13(14,15)16/h2,4,6H,3,5,7H2,1H3,(H,18,19,20). The van der Waals surface area contributed by atoms with E-state index in [4.69, 9.17) is 0 Å². The number of hydrogen-bond donors (Lipinski definition) is 1. The van der Waals surface area contributed by atoms with E-state index in [-0.39, 0.29) is 13.0 Å². The van der Waals surface area contributed by atoms with Gasteiger partial charge in [0.25, 0.3) is 0 Å². The summed E-state index contributed by atoms with van der Waals surface area (Å²) < 4.78 is 38.3. The van der Waals surface area contributed by atoms with Gasteiger partial charge in [-0.25, -0.2) is 14.6 Å². The number of pyridine rings is 1. The maximum atomic E-state index is 12.3. The number of alkyl halides is 3. The van der Waals surface area contributed by atoms with E-state index >= 15 is 0 Å². The Morgan fingerprint density at radius 2 is 2.14 bits per heavy atom. The highest BCUT2D eigenvalue weighted by atomic mass is 19.4. The largest absolute Gasteiger partial charge is 0.389 e. The minimum absolute atomic E-state index is 0.0523. The van der Waals surface area contributed by atoms with Crippen LogP contribution in [-0.2, 0) is 6.54 Å². The topological polar surface area (TPSA) is 72.3 Å². The van der Waals surface area contributed by atoms with Gasteiger partial charge in [0.15, 0.2) is 5.65 Å². The summed E-state index contributed by atoms with van der Waals surface area (Å²) in [4.78, 5) is 8.42. The smallest absolute Gasteiger partial charge is 0.263 e. The van der Waals surface area contributed by atoms with Crippen LogP contribution in [0, 0.1) is 6.92 Å². The molecule has 0 atom stereocenters. The zero-order valence-electron chi connectivity index (χ0n) is 11.7. The Balaban J connectivity index is 1.94. The third kappa shape index (κ3) is 2.92. The molecule has 0 bridgehead atoms. The average molecular weight is 310 g/mol. The van der Waals surface area contributed by atoms with E-state index in [1.165, 1.54) is 4.68 Å². The van der Waals surface area contributed by atoms with Gasteiger partial charge in [0, 0.05) is 19.2 Å². The molecule has 0 spiro atoms. The van der Waals surface area contributed by atoms with Crippen LogP contribution >= 0.6 is 0 Å². The van der Waals surface area contributed by atoms with E-state index in [1.807, 2.05) is 0 Å². The lowest BCUT2D eigenvalue weighted by atomic mass is 10.2. The minimum atomic E-state index is -4.17. The van der Waals surface area contributed by atoms with Crippen LogP contribution in [-0.4, -0.2) is 36.1 Å². The van der Waals surface area contributed by atoms with Gasteiger partial charge in [0.2, 0.25) is 5.82 Å². The molecule has 0 aliphatic carbocycles. The lowest BCUT2D eigenvalue weighted by Crippen LogP contribution is -2.10. The van der Waals surface area contributed by atoms with Crippen LogP contribution in [0.1, 0.15) is 18.7 Å². The van der Waals surface area contributed by atoms with Gasteiger partial charge < -0.3 is 0 Å². The molecule has 0 aliphatic heterocycles. The summed E-state index contributed by atoms with van der Waals surface area (Å²) in [5.41, 5.74) is 1.04. The maximum Gasteiger partial charge on any atom is 0.389 e. The fraction of sp³-hybridized carbons (Fsp3) is 0.385. The lowest BCUT2D eigenvalue weighted by Gasteiger charge is -2.06. The van der Waals surface area contributed by atoms with Gasteiger partial charge in [-0.3, -0.25) is 5.10 Å². The summed E-state index contributed by atoms with van der Waals surface area (Å²) >= 11 is 0. The van der Waals surface area contributed by atoms with Crippen molar-refractivity contribution in [1.29, 1.82) is 0 Å². The van der Waals surface area contributed by atoms with Crippen molar-refractivity contribution in [2.24, 2.45) is 0 Å². The predicted octanol–water partition coefficient (Wildman–Crippen LogP) is 2.87. The average Bonchev–Trinajstić information content (AvgIpc) is 3.02. The second-order valence-electron chi connectivity index (χ2n) is 4.91. The number of hydrogen-bond acceptors (Lipinski definition) is 4. The van der Waals surface area contributed by atoms with Crippen molar-refractivity contribution in [1.82, 2.24) is 29.9 Å². The predicted molar refractivity (Wildman–Crippen MR) is 72.9 cm³/mol. The molecule has 1 N–H and O–H groups in total. The Morgan fingerprint density at radius 3 is 2.82 bits per heavy atom. The highest BCUT2D eigenvalue weighted by molar-refractivity contribution is 5.88. The van der Waals surface area contributed by atoms with Crippen LogP contribution in [0.2, 0.25) is 0 Å². The molecule has 116 valence electrons. The Labute approximate surface area is 123 Å². The van der Waals surface area contributed by atoms with E-state index in [0.29, 0.717) is 28.4 Å². The molecule has 0 unspecified atom stereocenters. The van der Waals surface area contributed by atoms with Crippen LogP contribution in [0.3, 0.4) is 0 Å². The molecule has 3 aromatic heterocycles. The van der Waals surface area contributed by atoms with Gasteiger partial charge in [-0.15, -0.1) is 0 Å². The number of aromatic amines is 1. The Hall–Kier alpha value is -2.45. The van der Waals surface area contributed by atoms with Crippen molar-refractivity contribution in [2.75, 3.05) is 0 Å². The van der Waals surface area contributed by atoms with Crippen molar-refractivity contribution in [3.63, 3.8) is 0 Å². The number of nitrogens with one attached hydrogen (secondary N) is 1. The summed E-state index contributed by atoms with van der Waals surface area (Å²) in [6, 6.07) is 3.55. The molecule has 0 aliphatic rings. The van der Waals surface area contributed by atoms with Crippen LogP contribution in [0.15, 0.2) is 18.3 Å². The van der Waals surface area contributed by atoms with Crippen LogP contribution < -0.4 is 0 Å². The zero-order chi connectivity index (χ0) is 15.7. The number of rotatable bonds is 4. The molecule has 0 amide bonds. The molecule has 0 radical (unpaired) electrons. The normalized spacial score (nSPS) is 12.2. The number of nitrogens with zero attached hydrogens (tertiary/aromatic N) is 5. The third-order valence-electron chi connectivity index (χ3n) is 3.15. The van der Waals surface area contributed by atoms with E-state index in [9.17, 15) is 13.2 Å². The molecule has 0 saturated carbocycles. The highest BCUT2D eigenvalue weighted by Crippen LogP contribution is 2.26. The van der Waals surface area contributed by atoms with E-state index in [1.54, 1.807) is 25.3 Å². The summed E-state index contributed by atoms with van der Waals surface area (Å²) in [7, 11) is 0. The van der Waals surface area contributed by atoms with Crippen molar-refractivity contribution < 1.29 is 13.2 Å². The summed E-state index contributed by atoms with van der Waals surface area (Å²) in [6.07, 6.45) is -3.49. The number of halogens is 3. The number of fused-ring (bicyclic) bond motifs is 1. The van der Waals surface area contributed by atoms with Crippen molar-refractivity contribution in [2.45, 2.75) is 32.5 Å². The first-order chi connectivity index (χ1) is 10.4. The monoisotopic (exact) mass is 310 g/mol. The molecule has 9 heteroatoms. The van der Waals surface area contributed by atoms with Gasteiger partial charge in [-0.1, -0.05) is 0 Å². The molecule has 3 heterocycles. The first-order valence-corrected chi connectivity index (χ1v) is 6.72. The molecule has 3 aromatic rings. The Bertz CT molecular complexity index is 789. The first kappa shape index (κ1) is 14.5. The van der Waals surface area contributed by atoms with E-state index in [2.05, 4.69) is 25.3 Å². The molecule has 0 fully saturated rings. The van der Waals surface area contributed by atoms with Crippen LogP contribution in [0.5, 0.6) is 0 Å². The Kier molecular flexibility index (Phi) is 3.55. The van der Waals surface area contributed by atoms with Gasteiger partial charge >= 0.3 is 6.18 Å². The summed E-state index contributed by atoms with van der Waals surface area (Å²) in [5.74, 6) is 1.05. The van der Waals surface area contributed by atoms with E-state index < -0.39 is 12.6 Å². The van der Waals surface area contributed by atoms with Gasteiger partial charge in [-0.2, -0.15) is 23.4 Å². The van der Waals surface area contributed by atoms with Gasteiger partial charge in [-0.05, 0) is 25.5 Å². The summed E-state index contributed by atoms with van der Waals surface area (Å²) in [5, 5.41) is 11.8. The van der Waals surface area contributed by atoms with Crippen LogP contribution in [0.4, 0.5) is 13.2 Å². The second-order valence-corrected chi connectivity index (χ2v) is 4.91. The maximum absolute atomic E-state index is 12.3. The van der Waals surface area contributed by atoms with Gasteiger partial charge in [0.05, 0.1) is 5.39 Å².